The molecule has 0 saturated carbocycles. The number of nitrogens with zero attached hydrogens (tertiary/aromatic N) is 2. The molecule has 5 heteroatoms. The Bertz CT molecular complexity index is 1230. The smallest absolute Gasteiger partial charge is 0.279 e. The Labute approximate surface area is 168 Å². The molecule has 144 valence electrons. The SMILES string of the molecule is CC(C)c1ccc(NC(=O)c2nn(-c3ccccc3)c(=O)c3ccccc23)cc1. The van der Waals surface area contributed by atoms with Crippen molar-refractivity contribution >= 4 is 22.4 Å². The van der Waals surface area contributed by atoms with Gasteiger partial charge in [0.05, 0.1) is 11.1 Å². The fourth-order valence-electron chi connectivity index (χ4n) is 3.24. The van der Waals surface area contributed by atoms with Crippen LogP contribution in [0.4, 0.5) is 5.69 Å². The van der Waals surface area contributed by atoms with Crippen LogP contribution in [0.15, 0.2) is 83.7 Å². The van der Waals surface area contributed by atoms with Crippen molar-refractivity contribution < 1.29 is 4.79 Å². The van der Waals surface area contributed by atoms with E-state index in [0.717, 1.165) is 0 Å². The van der Waals surface area contributed by atoms with E-state index in [1.807, 2.05) is 42.5 Å². The average molecular weight is 383 g/mol. The summed E-state index contributed by atoms with van der Waals surface area (Å²) < 4.78 is 1.28. The van der Waals surface area contributed by atoms with Gasteiger partial charge in [-0.05, 0) is 41.8 Å². The fraction of sp³-hybridized carbons (Fsp3) is 0.125. The van der Waals surface area contributed by atoms with Gasteiger partial charge in [0.1, 0.15) is 0 Å². The first kappa shape index (κ1) is 18.6. The van der Waals surface area contributed by atoms with E-state index in [1.54, 1.807) is 36.4 Å². The molecule has 0 atom stereocenters. The predicted molar refractivity (Wildman–Crippen MR) is 116 cm³/mol. The van der Waals surface area contributed by atoms with Gasteiger partial charge in [0.15, 0.2) is 5.69 Å². The average Bonchev–Trinajstić information content (AvgIpc) is 2.75. The Morgan fingerprint density at radius 2 is 1.48 bits per heavy atom. The van der Waals surface area contributed by atoms with Crippen LogP contribution in [0.1, 0.15) is 35.8 Å². The lowest BCUT2D eigenvalue weighted by Gasteiger charge is -2.12. The van der Waals surface area contributed by atoms with E-state index in [4.69, 9.17) is 0 Å². The second kappa shape index (κ2) is 7.72. The van der Waals surface area contributed by atoms with Crippen molar-refractivity contribution in [3.05, 3.63) is 100 Å². The number of hydrogen-bond donors (Lipinski definition) is 1. The number of benzene rings is 3. The summed E-state index contributed by atoms with van der Waals surface area (Å²) >= 11 is 0. The maximum absolute atomic E-state index is 13.1. The molecule has 1 N–H and O–H groups in total. The minimum Gasteiger partial charge on any atom is -0.321 e. The van der Waals surface area contributed by atoms with E-state index < -0.39 is 0 Å². The molecule has 0 radical (unpaired) electrons. The second-order valence-corrected chi connectivity index (χ2v) is 7.18. The summed E-state index contributed by atoms with van der Waals surface area (Å²) in [5, 5.41) is 8.28. The van der Waals surface area contributed by atoms with Gasteiger partial charge in [-0.15, -0.1) is 0 Å². The van der Waals surface area contributed by atoms with Crippen LogP contribution in [0.3, 0.4) is 0 Å². The molecule has 1 heterocycles. The van der Waals surface area contributed by atoms with E-state index >= 15 is 0 Å². The molecule has 4 aromatic rings. The van der Waals surface area contributed by atoms with Crippen molar-refractivity contribution in [2.75, 3.05) is 5.32 Å². The van der Waals surface area contributed by atoms with Gasteiger partial charge >= 0.3 is 0 Å². The number of carbonyl (C=O) groups is 1. The highest BCUT2D eigenvalue weighted by Crippen LogP contribution is 2.19. The van der Waals surface area contributed by atoms with Crippen LogP contribution in [0.25, 0.3) is 16.5 Å². The van der Waals surface area contributed by atoms with E-state index in [2.05, 4.69) is 24.3 Å². The number of fused-ring (bicyclic) bond motifs is 1. The molecule has 0 aliphatic heterocycles. The molecular weight excluding hydrogens is 362 g/mol. The van der Waals surface area contributed by atoms with Crippen LogP contribution in [0.2, 0.25) is 0 Å². The normalized spacial score (nSPS) is 11.0. The summed E-state index contributed by atoms with van der Waals surface area (Å²) in [6, 6.07) is 23.9. The molecule has 1 amide bonds. The summed E-state index contributed by atoms with van der Waals surface area (Å²) in [5.41, 5.74) is 2.44. The van der Waals surface area contributed by atoms with Crippen molar-refractivity contribution in [3.63, 3.8) is 0 Å². The molecule has 0 unspecified atom stereocenters. The van der Waals surface area contributed by atoms with Gasteiger partial charge in [-0.25, -0.2) is 0 Å². The van der Waals surface area contributed by atoms with Crippen LogP contribution in [0, 0.1) is 0 Å². The molecule has 0 aliphatic carbocycles. The van der Waals surface area contributed by atoms with Gasteiger partial charge in [-0.2, -0.15) is 9.78 Å². The molecule has 3 aromatic carbocycles. The lowest BCUT2D eigenvalue weighted by molar-refractivity contribution is 0.102. The zero-order chi connectivity index (χ0) is 20.4. The summed E-state index contributed by atoms with van der Waals surface area (Å²) in [4.78, 5) is 26.0. The topological polar surface area (TPSA) is 64.0 Å². The van der Waals surface area contributed by atoms with E-state index in [0.29, 0.717) is 28.1 Å². The zero-order valence-electron chi connectivity index (χ0n) is 16.3. The summed E-state index contributed by atoms with van der Waals surface area (Å²) in [6.07, 6.45) is 0. The van der Waals surface area contributed by atoms with Gasteiger partial charge in [-0.3, -0.25) is 9.59 Å². The summed E-state index contributed by atoms with van der Waals surface area (Å²) in [6.45, 7) is 4.24. The number of anilines is 1. The molecule has 0 aliphatic rings. The zero-order valence-corrected chi connectivity index (χ0v) is 16.3. The van der Waals surface area contributed by atoms with Crippen LogP contribution in [0.5, 0.6) is 0 Å². The van der Waals surface area contributed by atoms with Crippen molar-refractivity contribution in [3.8, 4) is 5.69 Å². The molecule has 29 heavy (non-hydrogen) atoms. The standard InChI is InChI=1S/C24H21N3O2/c1-16(2)17-12-14-18(15-13-17)25-23(28)22-20-10-6-7-11-21(20)24(29)27(26-22)19-8-4-3-5-9-19/h3-16H,1-2H3,(H,25,28). The molecule has 5 nitrogen and oxygen atoms in total. The molecule has 4 rings (SSSR count). The van der Waals surface area contributed by atoms with Crippen molar-refractivity contribution in [2.24, 2.45) is 0 Å². The van der Waals surface area contributed by atoms with Gasteiger partial charge < -0.3 is 5.32 Å². The Kier molecular flexibility index (Phi) is 4.96. The lowest BCUT2D eigenvalue weighted by Crippen LogP contribution is -2.26. The second-order valence-electron chi connectivity index (χ2n) is 7.18. The Hall–Kier alpha value is -3.73. The van der Waals surface area contributed by atoms with Crippen molar-refractivity contribution in [2.45, 2.75) is 19.8 Å². The van der Waals surface area contributed by atoms with Crippen molar-refractivity contribution in [1.82, 2.24) is 9.78 Å². The van der Waals surface area contributed by atoms with Crippen LogP contribution < -0.4 is 10.9 Å². The molecule has 0 fully saturated rings. The van der Waals surface area contributed by atoms with Gasteiger partial charge in [0.2, 0.25) is 0 Å². The lowest BCUT2D eigenvalue weighted by atomic mass is 10.0. The number of para-hydroxylation sites is 1. The van der Waals surface area contributed by atoms with Gasteiger partial charge in [0.25, 0.3) is 11.5 Å². The quantitative estimate of drug-likeness (QED) is 0.552. The minimum absolute atomic E-state index is 0.206. The number of amides is 1. The number of aromatic nitrogens is 2. The summed E-state index contributed by atoms with van der Waals surface area (Å²) in [7, 11) is 0. The number of rotatable bonds is 4. The number of carbonyl (C=O) groups excluding carboxylic acids is 1. The third-order valence-corrected chi connectivity index (χ3v) is 4.86. The molecule has 0 saturated heterocycles. The van der Waals surface area contributed by atoms with E-state index in [9.17, 15) is 9.59 Å². The first-order chi connectivity index (χ1) is 14.0. The fourth-order valence-corrected chi connectivity index (χ4v) is 3.24. The first-order valence-electron chi connectivity index (χ1n) is 9.53. The molecule has 1 aromatic heterocycles. The van der Waals surface area contributed by atoms with Crippen molar-refractivity contribution in [1.29, 1.82) is 0 Å². The highest BCUT2D eigenvalue weighted by atomic mass is 16.2. The maximum atomic E-state index is 13.1. The third-order valence-electron chi connectivity index (χ3n) is 4.86. The largest absolute Gasteiger partial charge is 0.321 e. The van der Waals surface area contributed by atoms with E-state index in [1.165, 1.54) is 10.2 Å². The Morgan fingerprint density at radius 1 is 0.862 bits per heavy atom. The van der Waals surface area contributed by atoms with Crippen LogP contribution in [-0.4, -0.2) is 15.7 Å². The Morgan fingerprint density at radius 3 is 2.14 bits per heavy atom. The highest BCUT2D eigenvalue weighted by molar-refractivity contribution is 6.11. The number of hydrogen-bond acceptors (Lipinski definition) is 3. The third kappa shape index (κ3) is 3.67. The van der Waals surface area contributed by atoms with Crippen LogP contribution >= 0.6 is 0 Å². The molecule has 0 spiro atoms. The first-order valence-corrected chi connectivity index (χ1v) is 9.53. The van der Waals surface area contributed by atoms with Gasteiger partial charge in [-0.1, -0.05) is 62.4 Å². The van der Waals surface area contributed by atoms with E-state index in [-0.39, 0.29) is 17.2 Å². The van der Waals surface area contributed by atoms with Crippen LogP contribution in [-0.2, 0) is 0 Å². The minimum atomic E-state index is -0.358. The summed E-state index contributed by atoms with van der Waals surface area (Å²) in [5.74, 6) is 0.0583. The molecular formula is C24H21N3O2. The predicted octanol–water partition coefficient (Wildman–Crippen LogP) is 4.76. The highest BCUT2D eigenvalue weighted by Gasteiger charge is 2.17. The number of nitrogens with one attached hydrogen (secondary N) is 1. The Balaban J connectivity index is 1.79. The monoisotopic (exact) mass is 383 g/mol. The maximum Gasteiger partial charge on any atom is 0.279 e. The van der Waals surface area contributed by atoms with Gasteiger partial charge in [0, 0.05) is 11.1 Å². The molecule has 0 bridgehead atoms.